The fourth-order valence-corrected chi connectivity index (χ4v) is 5.63. The SMILES string of the molecule is CNC(=O)[C@@H](C)N(Cc1ccccc1C)C(=O)CN(c1ccc2c(c1)OCCO2)S(=O)(=O)c1ccccc1. The number of carbonyl (C=O) groups is 2. The van der Waals surface area contributed by atoms with Crippen LogP contribution in [0.2, 0.25) is 0 Å². The second-order valence-electron chi connectivity index (χ2n) is 8.89. The molecule has 200 valence electrons. The van der Waals surface area contributed by atoms with Crippen molar-refractivity contribution in [2.24, 2.45) is 0 Å². The van der Waals surface area contributed by atoms with E-state index in [9.17, 15) is 18.0 Å². The van der Waals surface area contributed by atoms with Crippen LogP contribution in [-0.4, -0.2) is 58.0 Å². The lowest BCUT2D eigenvalue weighted by atomic mass is 10.1. The smallest absolute Gasteiger partial charge is 0.264 e. The maximum Gasteiger partial charge on any atom is 0.264 e. The van der Waals surface area contributed by atoms with Crippen molar-refractivity contribution in [3.63, 3.8) is 0 Å². The average Bonchev–Trinajstić information content (AvgIpc) is 2.94. The molecule has 0 bridgehead atoms. The van der Waals surface area contributed by atoms with Gasteiger partial charge in [-0.3, -0.25) is 13.9 Å². The molecular weight excluding hydrogens is 506 g/mol. The molecule has 0 fully saturated rings. The van der Waals surface area contributed by atoms with Gasteiger partial charge in [0.25, 0.3) is 10.0 Å². The summed E-state index contributed by atoms with van der Waals surface area (Å²) in [5.41, 5.74) is 2.05. The number of hydrogen-bond donors (Lipinski definition) is 1. The van der Waals surface area contributed by atoms with Gasteiger partial charge in [-0.05, 0) is 49.2 Å². The molecule has 3 aromatic rings. The van der Waals surface area contributed by atoms with E-state index in [1.807, 2.05) is 31.2 Å². The zero-order chi connectivity index (χ0) is 27.3. The molecule has 1 atom stereocenters. The third-order valence-corrected chi connectivity index (χ3v) is 8.23. The van der Waals surface area contributed by atoms with Crippen molar-refractivity contribution in [3.8, 4) is 11.5 Å². The molecule has 0 radical (unpaired) electrons. The van der Waals surface area contributed by atoms with E-state index in [1.54, 1.807) is 43.3 Å². The molecule has 2 amide bonds. The summed E-state index contributed by atoms with van der Waals surface area (Å²) < 4.78 is 40.0. The van der Waals surface area contributed by atoms with E-state index in [2.05, 4.69) is 5.32 Å². The van der Waals surface area contributed by atoms with E-state index < -0.39 is 28.5 Å². The molecule has 38 heavy (non-hydrogen) atoms. The Labute approximate surface area is 223 Å². The van der Waals surface area contributed by atoms with Gasteiger partial charge in [0, 0.05) is 19.7 Å². The standard InChI is InChI=1S/C28H31N3O6S/c1-20-9-7-8-10-22(20)18-30(21(2)28(33)29-3)27(32)19-31(38(34,35)24-11-5-4-6-12-24)23-13-14-25-26(17-23)37-16-15-36-25/h4-14,17,21H,15-16,18-19H2,1-3H3,(H,29,33)/t21-/m1/s1. The number of carbonyl (C=O) groups excluding carboxylic acids is 2. The Balaban J connectivity index is 1.74. The van der Waals surface area contributed by atoms with Crippen molar-refractivity contribution in [1.82, 2.24) is 10.2 Å². The van der Waals surface area contributed by atoms with Gasteiger partial charge in [-0.1, -0.05) is 42.5 Å². The first-order chi connectivity index (χ1) is 18.2. The van der Waals surface area contributed by atoms with Gasteiger partial charge >= 0.3 is 0 Å². The number of likely N-dealkylation sites (N-methyl/N-ethyl adjacent to an activating group) is 1. The molecule has 0 unspecified atom stereocenters. The third-order valence-electron chi connectivity index (χ3n) is 6.44. The van der Waals surface area contributed by atoms with Gasteiger partial charge in [-0.15, -0.1) is 0 Å². The van der Waals surface area contributed by atoms with Crippen molar-refractivity contribution in [3.05, 3.63) is 83.9 Å². The minimum absolute atomic E-state index is 0.0347. The van der Waals surface area contributed by atoms with Crippen LogP contribution in [0.5, 0.6) is 11.5 Å². The maximum absolute atomic E-state index is 13.9. The van der Waals surface area contributed by atoms with Crippen molar-refractivity contribution < 1.29 is 27.5 Å². The second kappa shape index (κ2) is 11.6. The highest BCUT2D eigenvalue weighted by Crippen LogP contribution is 2.36. The van der Waals surface area contributed by atoms with Crippen molar-refractivity contribution in [2.45, 2.75) is 31.3 Å². The quantitative estimate of drug-likeness (QED) is 0.450. The van der Waals surface area contributed by atoms with Crippen LogP contribution in [0, 0.1) is 6.92 Å². The summed E-state index contributed by atoms with van der Waals surface area (Å²) in [6.45, 7) is 3.88. The van der Waals surface area contributed by atoms with E-state index >= 15 is 0 Å². The Morgan fingerprint density at radius 1 is 0.947 bits per heavy atom. The highest BCUT2D eigenvalue weighted by atomic mass is 32.2. The van der Waals surface area contributed by atoms with Crippen LogP contribution in [0.25, 0.3) is 0 Å². The van der Waals surface area contributed by atoms with Gasteiger partial charge in [0.15, 0.2) is 11.5 Å². The Hall–Kier alpha value is -4.05. The van der Waals surface area contributed by atoms with E-state index in [-0.39, 0.29) is 23.0 Å². The summed E-state index contributed by atoms with van der Waals surface area (Å²) in [5.74, 6) is 0.00485. The van der Waals surface area contributed by atoms with Crippen LogP contribution >= 0.6 is 0 Å². The number of rotatable bonds is 9. The normalized spacial score (nSPS) is 13.3. The number of hydrogen-bond acceptors (Lipinski definition) is 6. The lowest BCUT2D eigenvalue weighted by molar-refractivity contribution is -0.139. The molecule has 1 aliphatic heterocycles. The predicted molar refractivity (Wildman–Crippen MR) is 144 cm³/mol. The molecule has 4 rings (SSSR count). The summed E-state index contributed by atoms with van der Waals surface area (Å²) in [6.07, 6.45) is 0. The second-order valence-corrected chi connectivity index (χ2v) is 10.8. The highest BCUT2D eigenvalue weighted by molar-refractivity contribution is 7.92. The van der Waals surface area contributed by atoms with Crippen LogP contribution in [0.3, 0.4) is 0 Å². The number of amides is 2. The first-order valence-electron chi connectivity index (χ1n) is 12.3. The lowest BCUT2D eigenvalue weighted by Crippen LogP contribution is -2.50. The molecule has 0 saturated carbocycles. The highest BCUT2D eigenvalue weighted by Gasteiger charge is 2.33. The number of anilines is 1. The number of aryl methyl sites for hydroxylation is 1. The molecule has 1 heterocycles. The van der Waals surface area contributed by atoms with Gasteiger partial charge in [-0.25, -0.2) is 8.42 Å². The molecule has 0 saturated heterocycles. The fraction of sp³-hybridized carbons (Fsp3) is 0.286. The number of benzene rings is 3. The Bertz CT molecular complexity index is 1410. The first kappa shape index (κ1) is 27.0. The number of sulfonamides is 1. The maximum atomic E-state index is 13.9. The van der Waals surface area contributed by atoms with E-state index in [4.69, 9.17) is 9.47 Å². The van der Waals surface area contributed by atoms with Gasteiger partial charge in [0.1, 0.15) is 25.8 Å². The molecule has 10 heteroatoms. The summed E-state index contributed by atoms with van der Waals surface area (Å²) in [7, 11) is -2.66. The fourth-order valence-electron chi connectivity index (χ4n) is 4.20. The number of ether oxygens (including phenoxy) is 2. The van der Waals surface area contributed by atoms with Crippen LogP contribution in [0.15, 0.2) is 77.7 Å². The topological polar surface area (TPSA) is 105 Å². The molecular formula is C28H31N3O6S. The minimum Gasteiger partial charge on any atom is -0.486 e. The zero-order valence-corrected chi connectivity index (χ0v) is 22.4. The summed E-state index contributed by atoms with van der Waals surface area (Å²) in [6, 6.07) is 19.4. The number of fused-ring (bicyclic) bond motifs is 1. The number of nitrogens with one attached hydrogen (secondary N) is 1. The summed E-state index contributed by atoms with van der Waals surface area (Å²) in [5, 5.41) is 2.58. The van der Waals surface area contributed by atoms with E-state index in [0.717, 1.165) is 15.4 Å². The first-order valence-corrected chi connectivity index (χ1v) is 13.7. The van der Waals surface area contributed by atoms with Gasteiger partial charge < -0.3 is 19.7 Å². The van der Waals surface area contributed by atoms with E-state index in [0.29, 0.717) is 24.7 Å². The van der Waals surface area contributed by atoms with Gasteiger partial charge in [0.05, 0.1) is 10.6 Å². The molecule has 0 spiro atoms. The van der Waals surface area contributed by atoms with Crippen molar-refractivity contribution in [2.75, 3.05) is 31.1 Å². The Morgan fingerprint density at radius 2 is 1.61 bits per heavy atom. The third kappa shape index (κ3) is 5.75. The summed E-state index contributed by atoms with van der Waals surface area (Å²) in [4.78, 5) is 27.9. The zero-order valence-electron chi connectivity index (χ0n) is 21.6. The summed E-state index contributed by atoms with van der Waals surface area (Å²) >= 11 is 0. The molecule has 3 aromatic carbocycles. The number of nitrogens with zero attached hydrogens (tertiary/aromatic N) is 2. The molecule has 1 N–H and O–H groups in total. The van der Waals surface area contributed by atoms with Crippen LogP contribution in [-0.2, 0) is 26.2 Å². The lowest BCUT2D eigenvalue weighted by Gasteiger charge is -2.32. The van der Waals surface area contributed by atoms with Gasteiger partial charge in [0.2, 0.25) is 11.8 Å². The molecule has 0 aliphatic carbocycles. The van der Waals surface area contributed by atoms with Crippen molar-refractivity contribution >= 4 is 27.5 Å². The molecule has 0 aromatic heterocycles. The monoisotopic (exact) mass is 537 g/mol. The Kier molecular flexibility index (Phi) is 8.21. The average molecular weight is 538 g/mol. The van der Waals surface area contributed by atoms with Crippen LogP contribution in [0.4, 0.5) is 5.69 Å². The van der Waals surface area contributed by atoms with Gasteiger partial charge in [-0.2, -0.15) is 0 Å². The molecule has 1 aliphatic rings. The van der Waals surface area contributed by atoms with Crippen LogP contribution in [0.1, 0.15) is 18.1 Å². The largest absolute Gasteiger partial charge is 0.486 e. The van der Waals surface area contributed by atoms with Crippen molar-refractivity contribution in [1.29, 1.82) is 0 Å². The predicted octanol–water partition coefficient (Wildman–Crippen LogP) is 3.12. The Morgan fingerprint density at radius 3 is 2.29 bits per heavy atom. The minimum atomic E-state index is -4.15. The molecule has 9 nitrogen and oxygen atoms in total. The van der Waals surface area contributed by atoms with E-state index in [1.165, 1.54) is 24.1 Å². The van der Waals surface area contributed by atoms with Crippen LogP contribution < -0.4 is 19.1 Å².